The Kier molecular flexibility index (Phi) is 1.19. The molecule has 1 aliphatic carbocycles. The van der Waals surface area contributed by atoms with Crippen LogP contribution in [0.25, 0.3) is 0 Å². The van der Waals surface area contributed by atoms with E-state index in [4.69, 9.17) is 0 Å². The molecule has 0 nitrogen and oxygen atoms in total. The number of halogens is 2. The molecular weight excluding hydrogens is 122 g/mol. The van der Waals surface area contributed by atoms with Crippen LogP contribution in [0.4, 0.5) is 8.78 Å². The van der Waals surface area contributed by atoms with Crippen LogP contribution in [0.15, 0.2) is 23.3 Å². The maximum absolute atomic E-state index is 12.6. The molecule has 0 heterocycles. The van der Waals surface area contributed by atoms with Crippen molar-refractivity contribution in [3.8, 4) is 0 Å². The van der Waals surface area contributed by atoms with Crippen LogP contribution in [0.5, 0.6) is 0 Å². The molecule has 0 bridgehead atoms. The van der Waals surface area contributed by atoms with Crippen LogP contribution in [0.2, 0.25) is 0 Å². The van der Waals surface area contributed by atoms with Gasteiger partial charge in [-0.25, -0.2) is 0 Å². The van der Waals surface area contributed by atoms with E-state index >= 15 is 0 Å². The van der Waals surface area contributed by atoms with Crippen molar-refractivity contribution in [3.05, 3.63) is 23.3 Å². The molecule has 2 heteroatoms. The first-order chi connectivity index (χ1) is 4.05. The second kappa shape index (κ2) is 1.66. The summed E-state index contributed by atoms with van der Waals surface area (Å²) in [7, 11) is 0. The van der Waals surface area contributed by atoms with Gasteiger partial charge in [-0.05, 0) is 25.0 Å². The van der Waals surface area contributed by atoms with Crippen LogP contribution in [-0.2, 0) is 0 Å². The SMILES string of the molecule is CC1=CC=C(C)C1(F)F. The molecule has 9 heavy (non-hydrogen) atoms. The van der Waals surface area contributed by atoms with E-state index in [0.717, 1.165) is 0 Å². The highest BCUT2D eigenvalue weighted by molar-refractivity contribution is 5.37. The standard InChI is InChI=1S/C7H8F2/c1-5-3-4-6(2)7(5,8)9/h3-4H,1-2H3. The zero-order valence-corrected chi connectivity index (χ0v) is 5.41. The maximum Gasteiger partial charge on any atom is 0.290 e. The highest BCUT2D eigenvalue weighted by Crippen LogP contribution is 2.35. The van der Waals surface area contributed by atoms with Crippen molar-refractivity contribution in [1.82, 2.24) is 0 Å². The molecule has 0 saturated heterocycles. The Morgan fingerprint density at radius 3 is 1.56 bits per heavy atom. The van der Waals surface area contributed by atoms with Crippen molar-refractivity contribution in [2.45, 2.75) is 19.8 Å². The lowest BCUT2D eigenvalue weighted by atomic mass is 10.1. The summed E-state index contributed by atoms with van der Waals surface area (Å²) in [6.07, 6.45) is 2.91. The molecule has 0 unspecified atom stereocenters. The normalized spacial score (nSPS) is 23.6. The predicted molar refractivity (Wildman–Crippen MR) is 32.5 cm³/mol. The van der Waals surface area contributed by atoms with Gasteiger partial charge in [-0.15, -0.1) is 0 Å². The quantitative estimate of drug-likeness (QED) is 0.472. The van der Waals surface area contributed by atoms with E-state index in [1.54, 1.807) is 0 Å². The molecule has 1 rings (SSSR count). The summed E-state index contributed by atoms with van der Waals surface area (Å²) in [6, 6.07) is 0. The zero-order valence-electron chi connectivity index (χ0n) is 5.41. The molecule has 0 aromatic heterocycles. The second-order valence-electron chi connectivity index (χ2n) is 2.27. The fourth-order valence-corrected chi connectivity index (χ4v) is 0.770. The largest absolute Gasteiger partial charge is 0.290 e. The van der Waals surface area contributed by atoms with Gasteiger partial charge >= 0.3 is 0 Å². The Hall–Kier alpha value is -0.660. The van der Waals surface area contributed by atoms with Gasteiger partial charge in [0.1, 0.15) is 0 Å². The van der Waals surface area contributed by atoms with Crippen molar-refractivity contribution in [1.29, 1.82) is 0 Å². The first-order valence-electron chi connectivity index (χ1n) is 2.79. The highest BCUT2D eigenvalue weighted by atomic mass is 19.3. The molecule has 0 amide bonds. The minimum Gasteiger partial charge on any atom is -0.197 e. The molecular formula is C7H8F2. The third-order valence-corrected chi connectivity index (χ3v) is 1.57. The van der Waals surface area contributed by atoms with Crippen LogP contribution in [0.3, 0.4) is 0 Å². The minimum absolute atomic E-state index is 0.139. The fraction of sp³-hybridized carbons (Fsp3) is 0.429. The summed E-state index contributed by atoms with van der Waals surface area (Å²) in [4.78, 5) is 0. The molecule has 0 N–H and O–H groups in total. The van der Waals surface area contributed by atoms with Gasteiger partial charge < -0.3 is 0 Å². The topological polar surface area (TPSA) is 0 Å². The predicted octanol–water partition coefficient (Wildman–Crippen LogP) is 2.53. The van der Waals surface area contributed by atoms with Crippen molar-refractivity contribution in [3.63, 3.8) is 0 Å². The monoisotopic (exact) mass is 130 g/mol. The fourth-order valence-electron chi connectivity index (χ4n) is 0.770. The lowest BCUT2D eigenvalue weighted by molar-refractivity contribution is 0.0867. The van der Waals surface area contributed by atoms with Gasteiger partial charge in [0.25, 0.3) is 5.92 Å². The van der Waals surface area contributed by atoms with Gasteiger partial charge in [0.05, 0.1) is 0 Å². The summed E-state index contributed by atoms with van der Waals surface area (Å²) in [5, 5.41) is 0. The summed E-state index contributed by atoms with van der Waals surface area (Å²) in [5.41, 5.74) is 0.278. The van der Waals surface area contributed by atoms with Gasteiger partial charge in [0.15, 0.2) is 0 Å². The molecule has 0 atom stereocenters. The van der Waals surface area contributed by atoms with Crippen molar-refractivity contribution >= 4 is 0 Å². The second-order valence-corrected chi connectivity index (χ2v) is 2.27. The molecule has 0 fully saturated rings. The van der Waals surface area contributed by atoms with Gasteiger partial charge in [0, 0.05) is 0 Å². The minimum atomic E-state index is -2.67. The van der Waals surface area contributed by atoms with E-state index in [2.05, 4.69) is 0 Å². The van der Waals surface area contributed by atoms with Crippen LogP contribution in [0.1, 0.15) is 13.8 Å². The first-order valence-corrected chi connectivity index (χ1v) is 2.79. The van der Waals surface area contributed by atoms with Crippen LogP contribution in [0, 0.1) is 0 Å². The Morgan fingerprint density at radius 2 is 1.44 bits per heavy atom. The maximum atomic E-state index is 12.6. The third kappa shape index (κ3) is 0.784. The van der Waals surface area contributed by atoms with Crippen LogP contribution in [-0.4, -0.2) is 5.92 Å². The van der Waals surface area contributed by atoms with Crippen molar-refractivity contribution in [2.75, 3.05) is 0 Å². The smallest absolute Gasteiger partial charge is 0.197 e. The van der Waals surface area contributed by atoms with E-state index in [-0.39, 0.29) is 11.1 Å². The first kappa shape index (κ1) is 6.46. The summed E-state index contributed by atoms with van der Waals surface area (Å²) in [5.74, 6) is -2.67. The van der Waals surface area contributed by atoms with Gasteiger partial charge in [0.2, 0.25) is 0 Å². The van der Waals surface area contributed by atoms with E-state index < -0.39 is 5.92 Å². The van der Waals surface area contributed by atoms with Crippen LogP contribution < -0.4 is 0 Å². The Labute approximate surface area is 52.9 Å². The molecule has 0 aromatic carbocycles. The molecule has 1 aliphatic rings. The summed E-state index contributed by atoms with van der Waals surface area (Å²) < 4.78 is 25.2. The Bertz CT molecular complexity index is 167. The Morgan fingerprint density at radius 1 is 1.11 bits per heavy atom. The highest BCUT2D eigenvalue weighted by Gasteiger charge is 2.35. The van der Waals surface area contributed by atoms with Crippen molar-refractivity contribution in [2.24, 2.45) is 0 Å². The van der Waals surface area contributed by atoms with Crippen molar-refractivity contribution < 1.29 is 8.78 Å². The van der Waals surface area contributed by atoms with E-state index in [9.17, 15) is 8.78 Å². The van der Waals surface area contributed by atoms with E-state index in [0.29, 0.717) is 0 Å². The van der Waals surface area contributed by atoms with E-state index in [1.807, 2.05) is 0 Å². The zero-order chi connectivity index (χ0) is 7.07. The third-order valence-electron chi connectivity index (χ3n) is 1.57. The number of allylic oxidation sites excluding steroid dienone is 4. The average Bonchev–Trinajstić information content (AvgIpc) is 1.96. The lowest BCUT2D eigenvalue weighted by Crippen LogP contribution is -2.15. The van der Waals surface area contributed by atoms with Gasteiger partial charge in [-0.3, -0.25) is 0 Å². The average molecular weight is 130 g/mol. The number of alkyl halides is 2. The molecule has 50 valence electrons. The van der Waals surface area contributed by atoms with Gasteiger partial charge in [-0.2, -0.15) is 8.78 Å². The number of hydrogen-bond acceptors (Lipinski definition) is 0. The van der Waals surface area contributed by atoms with Gasteiger partial charge in [-0.1, -0.05) is 12.2 Å². The molecule has 0 radical (unpaired) electrons. The molecule has 0 aliphatic heterocycles. The van der Waals surface area contributed by atoms with Crippen LogP contribution >= 0.6 is 0 Å². The number of rotatable bonds is 0. The molecule has 0 aromatic rings. The molecule has 0 spiro atoms. The summed E-state index contributed by atoms with van der Waals surface area (Å²) >= 11 is 0. The van der Waals surface area contributed by atoms with E-state index in [1.165, 1.54) is 26.0 Å². The lowest BCUT2D eigenvalue weighted by Gasteiger charge is -2.11. The Balaban J connectivity index is 2.96. The molecule has 0 saturated carbocycles. The number of hydrogen-bond donors (Lipinski definition) is 0. The summed E-state index contributed by atoms with van der Waals surface area (Å²) in [6.45, 7) is 2.88.